The molecule has 2 amide bonds. The van der Waals surface area contributed by atoms with Crippen molar-refractivity contribution < 1.29 is 27.9 Å². The number of pyridine rings is 2. The van der Waals surface area contributed by atoms with E-state index in [0.29, 0.717) is 24.5 Å². The van der Waals surface area contributed by atoms with Gasteiger partial charge in [-0.2, -0.15) is 13.2 Å². The number of rotatable bonds is 5. The van der Waals surface area contributed by atoms with Crippen LogP contribution in [0.25, 0.3) is 0 Å². The highest BCUT2D eigenvalue weighted by atomic mass is 19.4. The van der Waals surface area contributed by atoms with Crippen LogP contribution >= 0.6 is 0 Å². The first-order valence-electron chi connectivity index (χ1n) is 9.79. The lowest BCUT2D eigenvalue weighted by atomic mass is 10.1. The minimum atomic E-state index is -4.78. The van der Waals surface area contributed by atoms with Gasteiger partial charge in [0.05, 0.1) is 11.7 Å². The average Bonchev–Trinajstić information content (AvgIpc) is 3.15. The number of Topliss-reactive ketones (excluding diaryl/α,β-unsaturated/α-hetero) is 1. The van der Waals surface area contributed by atoms with E-state index in [-0.39, 0.29) is 17.6 Å². The Bertz CT molecular complexity index is 986. The fourth-order valence-corrected chi connectivity index (χ4v) is 3.79. The van der Waals surface area contributed by atoms with Crippen molar-refractivity contribution in [3.8, 4) is 0 Å². The summed E-state index contributed by atoms with van der Waals surface area (Å²) in [6, 6.07) is 7.58. The number of hydrogen-bond acceptors (Lipinski definition) is 6. The van der Waals surface area contributed by atoms with E-state index in [1.54, 1.807) is 30.5 Å². The Morgan fingerprint density at radius 2 is 2.06 bits per heavy atom. The van der Waals surface area contributed by atoms with Crippen LogP contribution in [0.4, 0.5) is 35.3 Å². The van der Waals surface area contributed by atoms with Crippen LogP contribution in [-0.2, 0) is 0 Å². The number of urea groups is 1. The summed E-state index contributed by atoms with van der Waals surface area (Å²) in [5.41, 5.74) is 0.628. The Labute approximate surface area is 175 Å². The maximum atomic E-state index is 13.0. The van der Waals surface area contributed by atoms with E-state index in [2.05, 4.69) is 20.2 Å². The molecule has 0 aromatic carbocycles. The molecule has 0 saturated carbocycles. The molecule has 0 unspecified atom stereocenters. The van der Waals surface area contributed by atoms with E-state index >= 15 is 0 Å². The molecule has 2 aliphatic rings. The van der Waals surface area contributed by atoms with Gasteiger partial charge in [-0.3, -0.25) is 15.0 Å². The zero-order chi connectivity index (χ0) is 22.2. The second-order valence-electron chi connectivity index (χ2n) is 7.46. The van der Waals surface area contributed by atoms with Gasteiger partial charge in [0.15, 0.2) is 11.6 Å². The van der Waals surface area contributed by atoms with Crippen LogP contribution in [0, 0.1) is 0 Å². The molecule has 2 N–H and O–H groups in total. The Balaban J connectivity index is 1.57. The van der Waals surface area contributed by atoms with Crippen molar-refractivity contribution in [1.82, 2.24) is 9.97 Å². The predicted octanol–water partition coefficient (Wildman–Crippen LogP) is 2.99. The maximum absolute atomic E-state index is 13.0. The standard InChI is InChI=1S/C20H20F3N5O3/c21-20(22,23)16(30)7-6-15(29)13-4-5-14-18(25-13)28(12-8-10-27(14)11-12)19(31)26-17-3-1-2-9-24-17/h1-5,9,12,16,30H,6-8,10-11H2,(H,24,26,31)/t12-,16-/m0/s1. The largest absolute Gasteiger partial charge is 0.414 e. The number of alkyl halides is 3. The summed E-state index contributed by atoms with van der Waals surface area (Å²) in [5.74, 6) is 0.0105. The Morgan fingerprint density at radius 3 is 2.77 bits per heavy atom. The fourth-order valence-electron chi connectivity index (χ4n) is 3.79. The van der Waals surface area contributed by atoms with Crippen LogP contribution in [0.5, 0.6) is 0 Å². The van der Waals surface area contributed by atoms with Crippen LogP contribution in [-0.4, -0.2) is 58.3 Å². The van der Waals surface area contributed by atoms with Crippen LogP contribution in [0.1, 0.15) is 29.8 Å². The summed E-state index contributed by atoms with van der Waals surface area (Å²) in [4.78, 5) is 37.4. The topological polar surface area (TPSA) is 98.7 Å². The molecule has 31 heavy (non-hydrogen) atoms. The molecule has 2 aromatic rings. The highest BCUT2D eigenvalue weighted by molar-refractivity contribution is 6.05. The average molecular weight is 435 g/mol. The van der Waals surface area contributed by atoms with Gasteiger partial charge in [0.1, 0.15) is 17.6 Å². The second kappa shape index (κ2) is 8.14. The molecule has 1 fully saturated rings. The summed E-state index contributed by atoms with van der Waals surface area (Å²) < 4.78 is 37.5. The van der Waals surface area contributed by atoms with Crippen molar-refractivity contribution in [1.29, 1.82) is 0 Å². The molecule has 4 rings (SSSR count). The lowest BCUT2D eigenvalue weighted by Gasteiger charge is -2.35. The number of nitrogens with one attached hydrogen (secondary N) is 1. The van der Waals surface area contributed by atoms with E-state index in [4.69, 9.17) is 5.11 Å². The molecule has 2 aromatic heterocycles. The highest BCUT2D eigenvalue weighted by Gasteiger charge is 2.41. The quantitative estimate of drug-likeness (QED) is 0.701. The molecule has 2 atom stereocenters. The normalized spacial score (nSPS) is 18.5. The Hall–Kier alpha value is -3.21. The predicted molar refractivity (Wildman–Crippen MR) is 106 cm³/mol. The molecule has 4 heterocycles. The van der Waals surface area contributed by atoms with Crippen molar-refractivity contribution in [2.24, 2.45) is 0 Å². The molecule has 8 nitrogen and oxygen atoms in total. The van der Waals surface area contributed by atoms with Crippen molar-refractivity contribution in [3.63, 3.8) is 0 Å². The van der Waals surface area contributed by atoms with Gasteiger partial charge in [0, 0.05) is 25.7 Å². The summed E-state index contributed by atoms with van der Waals surface area (Å²) in [5, 5.41) is 11.9. The van der Waals surface area contributed by atoms with Gasteiger partial charge in [-0.05, 0) is 37.1 Å². The molecular formula is C20H20F3N5O3. The van der Waals surface area contributed by atoms with E-state index in [1.165, 1.54) is 11.0 Å². The zero-order valence-electron chi connectivity index (χ0n) is 16.3. The van der Waals surface area contributed by atoms with Gasteiger partial charge in [0.2, 0.25) is 0 Å². The molecule has 2 aliphatic heterocycles. The molecule has 0 aliphatic carbocycles. The van der Waals surface area contributed by atoms with E-state index in [0.717, 1.165) is 6.54 Å². The maximum Gasteiger partial charge on any atom is 0.414 e. The molecule has 11 heteroatoms. The number of aliphatic hydroxyl groups is 1. The number of anilines is 3. The van der Waals surface area contributed by atoms with Crippen LogP contribution < -0.4 is 15.1 Å². The van der Waals surface area contributed by atoms with Gasteiger partial charge < -0.3 is 10.0 Å². The summed E-state index contributed by atoms with van der Waals surface area (Å²) in [7, 11) is 0. The number of aliphatic hydroxyl groups excluding tert-OH is 1. The lowest BCUT2D eigenvalue weighted by Crippen LogP contribution is -2.48. The van der Waals surface area contributed by atoms with E-state index < -0.39 is 36.9 Å². The third-order valence-electron chi connectivity index (χ3n) is 5.38. The molecule has 1 saturated heterocycles. The number of hydrogen-bond donors (Lipinski definition) is 2. The monoisotopic (exact) mass is 435 g/mol. The first kappa shape index (κ1) is 21.0. The summed E-state index contributed by atoms with van der Waals surface area (Å²) >= 11 is 0. The van der Waals surface area contributed by atoms with Gasteiger partial charge in [-0.1, -0.05) is 6.07 Å². The number of amides is 2. The molecule has 2 bridgehead atoms. The minimum Gasteiger partial charge on any atom is -0.384 e. The number of carbonyl (C=O) groups excluding carboxylic acids is 2. The third-order valence-corrected chi connectivity index (χ3v) is 5.38. The number of ketones is 1. The van der Waals surface area contributed by atoms with Crippen LogP contribution in [0.3, 0.4) is 0 Å². The van der Waals surface area contributed by atoms with Gasteiger partial charge in [-0.25, -0.2) is 14.8 Å². The number of halogens is 3. The summed E-state index contributed by atoms with van der Waals surface area (Å²) in [6.45, 7) is 1.34. The highest BCUT2D eigenvalue weighted by Crippen LogP contribution is 2.39. The molecule has 0 radical (unpaired) electrons. The van der Waals surface area contributed by atoms with Gasteiger partial charge >= 0.3 is 12.2 Å². The van der Waals surface area contributed by atoms with E-state index in [9.17, 15) is 22.8 Å². The van der Waals surface area contributed by atoms with Crippen molar-refractivity contribution >= 4 is 29.1 Å². The fraction of sp³-hybridized carbons (Fsp3) is 0.400. The smallest absolute Gasteiger partial charge is 0.384 e. The number of carbonyl (C=O) groups is 2. The number of nitrogens with zero attached hydrogens (tertiary/aromatic N) is 4. The third kappa shape index (κ3) is 4.31. The van der Waals surface area contributed by atoms with Crippen molar-refractivity contribution in [2.45, 2.75) is 37.6 Å². The second-order valence-corrected chi connectivity index (χ2v) is 7.46. The SMILES string of the molecule is O=C(CC[C@H](O)C(F)(F)F)c1ccc2c(n1)N(C(=O)Nc1ccccn1)[C@H]1CCN2C1. The molecule has 164 valence electrons. The zero-order valence-corrected chi connectivity index (χ0v) is 16.3. The van der Waals surface area contributed by atoms with E-state index in [1.807, 2.05) is 0 Å². The van der Waals surface area contributed by atoms with Crippen LogP contribution in [0.2, 0.25) is 0 Å². The lowest BCUT2D eigenvalue weighted by molar-refractivity contribution is -0.204. The number of fused-ring (bicyclic) bond motifs is 4. The molecular weight excluding hydrogens is 415 g/mol. The molecule has 0 spiro atoms. The summed E-state index contributed by atoms with van der Waals surface area (Å²) in [6.07, 6.45) is -6.36. The van der Waals surface area contributed by atoms with Crippen LogP contribution in [0.15, 0.2) is 36.5 Å². The van der Waals surface area contributed by atoms with Crippen molar-refractivity contribution in [2.75, 3.05) is 28.2 Å². The van der Waals surface area contributed by atoms with Gasteiger partial charge in [0.25, 0.3) is 0 Å². The minimum absolute atomic E-state index is 0.0498. The Kier molecular flexibility index (Phi) is 5.52. The Morgan fingerprint density at radius 1 is 1.26 bits per heavy atom. The van der Waals surface area contributed by atoms with Gasteiger partial charge in [-0.15, -0.1) is 0 Å². The first-order valence-corrected chi connectivity index (χ1v) is 9.79. The van der Waals surface area contributed by atoms with Crippen molar-refractivity contribution in [3.05, 3.63) is 42.2 Å². The number of aromatic nitrogens is 2. The first-order chi connectivity index (χ1) is 14.7.